The molecule has 7 nitrogen and oxygen atoms in total. The zero-order chi connectivity index (χ0) is 18.5. The van der Waals surface area contributed by atoms with Crippen LogP contribution >= 0.6 is 0 Å². The highest BCUT2D eigenvalue weighted by Crippen LogP contribution is 2.11. The number of benzene rings is 1. The molecule has 25 heavy (non-hydrogen) atoms. The molecule has 1 aromatic carbocycles. The normalized spacial score (nSPS) is 11.8. The van der Waals surface area contributed by atoms with Gasteiger partial charge >= 0.3 is 0 Å². The van der Waals surface area contributed by atoms with Crippen molar-refractivity contribution in [2.45, 2.75) is 18.2 Å². The van der Waals surface area contributed by atoms with Gasteiger partial charge in [-0.25, -0.2) is 13.1 Å². The molecule has 0 aromatic heterocycles. The lowest BCUT2D eigenvalue weighted by Gasteiger charge is -2.05. The number of carbonyl (C=O) groups is 1. The number of hydrogen-bond donors (Lipinski definition) is 2. The third kappa shape index (κ3) is 8.78. The Morgan fingerprint density at radius 2 is 1.88 bits per heavy atom. The van der Waals surface area contributed by atoms with Gasteiger partial charge in [0.1, 0.15) is 0 Å². The molecule has 1 aromatic rings. The van der Waals surface area contributed by atoms with Crippen LogP contribution in [0.25, 0.3) is 6.08 Å². The van der Waals surface area contributed by atoms with Crippen molar-refractivity contribution in [3.05, 3.63) is 35.9 Å². The number of sulfonamides is 1. The average Bonchev–Trinajstić information content (AvgIpc) is 2.59. The number of methoxy groups -OCH3 is 1. The molecule has 0 aliphatic carbocycles. The number of carbonyl (C=O) groups excluding carboxylic acids is 1. The van der Waals surface area contributed by atoms with Crippen LogP contribution in [0.2, 0.25) is 0 Å². The largest absolute Gasteiger partial charge is 0.382 e. The maximum atomic E-state index is 11.8. The lowest BCUT2D eigenvalue weighted by molar-refractivity contribution is -0.116. The van der Waals surface area contributed by atoms with Crippen LogP contribution in [0, 0.1) is 0 Å². The van der Waals surface area contributed by atoms with Crippen LogP contribution in [0.5, 0.6) is 0 Å². The quantitative estimate of drug-likeness (QED) is 0.425. The van der Waals surface area contributed by atoms with Crippen molar-refractivity contribution >= 4 is 22.0 Å². The third-order valence-corrected chi connectivity index (χ3v) is 4.71. The molecule has 0 aliphatic rings. The molecule has 1 amide bonds. The average molecular weight is 370 g/mol. The summed E-state index contributed by atoms with van der Waals surface area (Å²) in [4.78, 5) is 11.9. The summed E-state index contributed by atoms with van der Waals surface area (Å²) in [6.07, 6.45) is 3.77. The molecule has 0 heterocycles. The first-order valence-electron chi connectivity index (χ1n) is 8.12. The summed E-state index contributed by atoms with van der Waals surface area (Å²) in [6, 6.07) is 6.31. The van der Waals surface area contributed by atoms with Gasteiger partial charge in [0.05, 0.1) is 18.1 Å². The van der Waals surface area contributed by atoms with E-state index in [4.69, 9.17) is 9.47 Å². The van der Waals surface area contributed by atoms with E-state index < -0.39 is 10.0 Å². The van der Waals surface area contributed by atoms with E-state index in [1.807, 2.05) is 0 Å². The molecule has 0 bridgehead atoms. The molecule has 0 saturated heterocycles. The summed E-state index contributed by atoms with van der Waals surface area (Å²) in [5.41, 5.74) is 0.744. The second-order valence-corrected chi connectivity index (χ2v) is 6.92. The Hall–Kier alpha value is -1.74. The lowest BCUT2D eigenvalue weighted by Crippen LogP contribution is -2.23. The van der Waals surface area contributed by atoms with Gasteiger partial charge in [-0.15, -0.1) is 0 Å². The van der Waals surface area contributed by atoms with E-state index in [0.29, 0.717) is 32.9 Å². The Morgan fingerprint density at radius 3 is 2.52 bits per heavy atom. The Bertz CT molecular complexity index is 642. The highest BCUT2D eigenvalue weighted by molar-refractivity contribution is 7.89. The van der Waals surface area contributed by atoms with Crippen molar-refractivity contribution in [3.63, 3.8) is 0 Å². The Morgan fingerprint density at radius 1 is 1.16 bits per heavy atom. The van der Waals surface area contributed by atoms with Gasteiger partial charge in [-0.05, 0) is 30.2 Å². The molecule has 0 radical (unpaired) electrons. The van der Waals surface area contributed by atoms with Crippen molar-refractivity contribution in [1.29, 1.82) is 0 Å². The van der Waals surface area contributed by atoms with E-state index in [0.717, 1.165) is 12.0 Å². The topological polar surface area (TPSA) is 93.7 Å². The van der Waals surface area contributed by atoms with Crippen molar-refractivity contribution in [2.24, 2.45) is 0 Å². The first-order valence-corrected chi connectivity index (χ1v) is 9.60. The second kappa shape index (κ2) is 11.8. The van der Waals surface area contributed by atoms with Crippen LogP contribution in [0.15, 0.2) is 35.2 Å². The summed E-state index contributed by atoms with van der Waals surface area (Å²) in [5, 5.41) is 2.75. The summed E-state index contributed by atoms with van der Waals surface area (Å²) in [5.74, 6) is -0.207. The molecule has 8 heteroatoms. The third-order valence-electron chi connectivity index (χ3n) is 3.15. The number of amides is 1. The molecule has 1 rings (SSSR count). The highest BCUT2D eigenvalue weighted by atomic mass is 32.2. The molecular weight excluding hydrogens is 344 g/mol. The van der Waals surface area contributed by atoms with Gasteiger partial charge in [0.2, 0.25) is 15.9 Å². The number of nitrogens with one attached hydrogen (secondary N) is 2. The zero-order valence-electron chi connectivity index (χ0n) is 14.7. The fraction of sp³-hybridized carbons (Fsp3) is 0.471. The number of hydrogen-bond acceptors (Lipinski definition) is 5. The first kappa shape index (κ1) is 21.3. The Labute approximate surface area is 149 Å². The minimum Gasteiger partial charge on any atom is -0.382 e. The SMILES string of the molecule is CCNS(=O)(=O)c1ccc(/C=C/C(=O)NCCCOCCOC)cc1. The van der Waals surface area contributed by atoms with Crippen LogP contribution < -0.4 is 10.0 Å². The number of ether oxygens (including phenoxy) is 2. The van der Waals surface area contributed by atoms with Crippen molar-refractivity contribution in [3.8, 4) is 0 Å². The van der Waals surface area contributed by atoms with E-state index in [2.05, 4.69) is 10.0 Å². The standard InChI is InChI=1S/C17H26N2O5S/c1-3-19-25(21,22)16-8-5-15(6-9-16)7-10-17(20)18-11-4-12-24-14-13-23-2/h5-10,19H,3-4,11-14H2,1-2H3,(H,18,20)/b10-7+. The van der Waals surface area contributed by atoms with Crippen LogP contribution in [0.3, 0.4) is 0 Å². The first-order chi connectivity index (χ1) is 12.0. The smallest absolute Gasteiger partial charge is 0.244 e. The minimum atomic E-state index is -3.45. The monoisotopic (exact) mass is 370 g/mol. The molecule has 0 spiro atoms. The number of rotatable bonds is 12. The van der Waals surface area contributed by atoms with E-state index >= 15 is 0 Å². The van der Waals surface area contributed by atoms with E-state index in [1.54, 1.807) is 32.2 Å². The van der Waals surface area contributed by atoms with Crippen molar-refractivity contribution in [1.82, 2.24) is 10.0 Å². The molecule has 140 valence electrons. The maximum Gasteiger partial charge on any atom is 0.244 e. The summed E-state index contributed by atoms with van der Waals surface area (Å²) < 4.78 is 36.2. The van der Waals surface area contributed by atoms with Crippen LogP contribution in [-0.2, 0) is 24.3 Å². The highest BCUT2D eigenvalue weighted by Gasteiger charge is 2.11. The molecule has 0 atom stereocenters. The van der Waals surface area contributed by atoms with Gasteiger partial charge in [-0.1, -0.05) is 19.1 Å². The molecule has 2 N–H and O–H groups in total. The van der Waals surface area contributed by atoms with Gasteiger partial charge in [0, 0.05) is 32.9 Å². The zero-order valence-corrected chi connectivity index (χ0v) is 15.5. The van der Waals surface area contributed by atoms with Crippen molar-refractivity contribution in [2.75, 3.05) is 40.0 Å². The summed E-state index contributed by atoms with van der Waals surface area (Å²) in [6.45, 7) is 4.25. The summed E-state index contributed by atoms with van der Waals surface area (Å²) >= 11 is 0. The molecule has 0 unspecified atom stereocenters. The van der Waals surface area contributed by atoms with Gasteiger partial charge < -0.3 is 14.8 Å². The predicted molar refractivity (Wildman–Crippen MR) is 96.7 cm³/mol. The maximum absolute atomic E-state index is 11.8. The van der Waals surface area contributed by atoms with Gasteiger partial charge in [-0.2, -0.15) is 0 Å². The molecule has 0 aliphatic heterocycles. The lowest BCUT2D eigenvalue weighted by atomic mass is 10.2. The summed E-state index contributed by atoms with van der Waals surface area (Å²) in [7, 11) is -1.84. The van der Waals surface area contributed by atoms with Crippen LogP contribution in [0.1, 0.15) is 18.9 Å². The second-order valence-electron chi connectivity index (χ2n) is 5.15. The van der Waals surface area contributed by atoms with E-state index in [-0.39, 0.29) is 10.8 Å². The fourth-order valence-corrected chi connectivity index (χ4v) is 2.93. The fourth-order valence-electron chi connectivity index (χ4n) is 1.89. The van der Waals surface area contributed by atoms with E-state index in [1.165, 1.54) is 18.2 Å². The molecular formula is C17H26N2O5S. The molecule has 0 fully saturated rings. The van der Waals surface area contributed by atoms with Crippen LogP contribution in [0.4, 0.5) is 0 Å². The van der Waals surface area contributed by atoms with Crippen LogP contribution in [-0.4, -0.2) is 54.3 Å². The van der Waals surface area contributed by atoms with E-state index in [9.17, 15) is 13.2 Å². The van der Waals surface area contributed by atoms with Gasteiger partial charge in [0.25, 0.3) is 0 Å². The van der Waals surface area contributed by atoms with Gasteiger partial charge in [0.15, 0.2) is 0 Å². The van der Waals surface area contributed by atoms with Gasteiger partial charge in [-0.3, -0.25) is 4.79 Å². The Balaban J connectivity index is 2.36. The molecule has 0 saturated carbocycles. The minimum absolute atomic E-state index is 0.199. The predicted octanol–water partition coefficient (Wildman–Crippen LogP) is 1.17. The Kier molecular flexibility index (Phi) is 10.0. The van der Waals surface area contributed by atoms with Crippen molar-refractivity contribution < 1.29 is 22.7 Å².